The van der Waals surface area contributed by atoms with Crippen LogP contribution >= 0.6 is 0 Å². The van der Waals surface area contributed by atoms with Gasteiger partial charge in [-0.15, -0.1) is 0 Å². The molecule has 0 saturated heterocycles. The van der Waals surface area contributed by atoms with Crippen LogP contribution < -0.4 is 4.74 Å². The number of carboxylic acid groups (broad SMARTS) is 1. The summed E-state index contributed by atoms with van der Waals surface area (Å²) >= 11 is 0. The first-order valence-electron chi connectivity index (χ1n) is 6.84. The number of hydrogen-bond donors (Lipinski definition) is 1. The number of benzene rings is 1. The fourth-order valence-electron chi connectivity index (χ4n) is 2.51. The van der Waals surface area contributed by atoms with Gasteiger partial charge in [-0.2, -0.15) is 0 Å². The van der Waals surface area contributed by atoms with Crippen LogP contribution in [0, 0.1) is 0 Å². The molecule has 108 valence electrons. The highest BCUT2D eigenvalue weighted by molar-refractivity contribution is 5.86. The Kier molecular flexibility index (Phi) is 3.83. The zero-order valence-electron chi connectivity index (χ0n) is 11.5. The first kappa shape index (κ1) is 13.6. The number of nitrogens with zero attached hydrogens (tertiary/aromatic N) is 2. The molecule has 0 amide bonds. The third kappa shape index (κ3) is 3.03. The Balaban J connectivity index is 1.81. The lowest BCUT2D eigenvalue weighted by atomic mass is 10.1. The molecule has 0 atom stereocenters. The fourth-order valence-corrected chi connectivity index (χ4v) is 2.51. The summed E-state index contributed by atoms with van der Waals surface area (Å²) in [6, 6.07) is 11.5. The molecule has 5 heteroatoms. The minimum atomic E-state index is -0.989. The van der Waals surface area contributed by atoms with Crippen molar-refractivity contribution in [1.82, 2.24) is 9.88 Å². The van der Waals surface area contributed by atoms with Crippen molar-refractivity contribution in [3.05, 3.63) is 59.4 Å². The molecule has 1 aliphatic heterocycles. The maximum absolute atomic E-state index is 11.2. The van der Waals surface area contributed by atoms with E-state index in [2.05, 4.69) is 9.88 Å². The molecular formula is C16H16N2O3. The number of aromatic carboxylic acids is 1. The van der Waals surface area contributed by atoms with Crippen LogP contribution in [0.3, 0.4) is 0 Å². The van der Waals surface area contributed by atoms with E-state index in [1.54, 1.807) is 6.07 Å². The summed E-state index contributed by atoms with van der Waals surface area (Å²) in [6.07, 6.45) is 1.51. The molecule has 0 unspecified atom stereocenters. The number of fused-ring (bicyclic) bond motifs is 1. The van der Waals surface area contributed by atoms with Gasteiger partial charge in [0.05, 0.1) is 0 Å². The van der Waals surface area contributed by atoms with Crippen LogP contribution in [0.2, 0.25) is 0 Å². The average Bonchev–Trinajstić information content (AvgIpc) is 2.69. The Morgan fingerprint density at radius 1 is 1.29 bits per heavy atom. The highest BCUT2D eigenvalue weighted by atomic mass is 16.5. The standard InChI is InChI=1S/C16H16N2O3/c19-16(20)15-13(5-3-7-17-15)11-18-8-9-21-14-6-2-1-4-12(14)10-18/h1-7H,8-11H2,(H,19,20). The van der Waals surface area contributed by atoms with E-state index in [1.807, 2.05) is 30.3 Å². The molecule has 0 saturated carbocycles. The second kappa shape index (κ2) is 5.93. The van der Waals surface area contributed by atoms with Crippen molar-refractivity contribution in [3.8, 4) is 5.75 Å². The van der Waals surface area contributed by atoms with Gasteiger partial charge in [-0.25, -0.2) is 9.78 Å². The number of ether oxygens (including phenoxy) is 1. The summed E-state index contributed by atoms with van der Waals surface area (Å²) in [5, 5.41) is 9.20. The maximum Gasteiger partial charge on any atom is 0.354 e. The molecule has 2 aromatic rings. The van der Waals surface area contributed by atoms with Crippen LogP contribution in [-0.2, 0) is 13.1 Å². The van der Waals surface area contributed by atoms with E-state index in [-0.39, 0.29) is 5.69 Å². The molecule has 0 fully saturated rings. The van der Waals surface area contributed by atoms with Gasteiger partial charge in [-0.3, -0.25) is 4.90 Å². The van der Waals surface area contributed by atoms with E-state index in [1.165, 1.54) is 6.20 Å². The van der Waals surface area contributed by atoms with Gasteiger partial charge in [0.2, 0.25) is 0 Å². The molecule has 1 N–H and O–H groups in total. The molecule has 1 aromatic heterocycles. The van der Waals surface area contributed by atoms with Crippen LogP contribution in [0.5, 0.6) is 5.75 Å². The van der Waals surface area contributed by atoms with Crippen molar-refractivity contribution in [2.75, 3.05) is 13.2 Å². The summed E-state index contributed by atoms with van der Waals surface area (Å²) < 4.78 is 5.72. The van der Waals surface area contributed by atoms with Crippen LogP contribution in [0.25, 0.3) is 0 Å². The number of aromatic nitrogens is 1. The van der Waals surface area contributed by atoms with E-state index >= 15 is 0 Å². The molecule has 5 nitrogen and oxygen atoms in total. The lowest BCUT2D eigenvalue weighted by Gasteiger charge is -2.19. The smallest absolute Gasteiger partial charge is 0.354 e. The molecule has 0 spiro atoms. The number of para-hydroxylation sites is 1. The Morgan fingerprint density at radius 3 is 3.00 bits per heavy atom. The van der Waals surface area contributed by atoms with Gasteiger partial charge in [-0.05, 0) is 17.7 Å². The summed E-state index contributed by atoms with van der Waals surface area (Å²) in [6.45, 7) is 2.64. The first-order chi connectivity index (χ1) is 10.2. The molecule has 1 aromatic carbocycles. The molecule has 2 heterocycles. The van der Waals surface area contributed by atoms with Gasteiger partial charge in [0.25, 0.3) is 0 Å². The Morgan fingerprint density at radius 2 is 2.14 bits per heavy atom. The zero-order chi connectivity index (χ0) is 14.7. The molecule has 0 radical (unpaired) electrons. The van der Waals surface area contributed by atoms with Crippen molar-refractivity contribution >= 4 is 5.97 Å². The first-order valence-corrected chi connectivity index (χ1v) is 6.84. The molecule has 0 aliphatic carbocycles. The van der Waals surface area contributed by atoms with Gasteiger partial charge in [0, 0.05) is 31.4 Å². The molecule has 21 heavy (non-hydrogen) atoms. The SMILES string of the molecule is O=C(O)c1ncccc1CN1CCOc2ccccc2C1. The molecule has 0 bridgehead atoms. The van der Waals surface area contributed by atoms with Crippen molar-refractivity contribution in [1.29, 1.82) is 0 Å². The average molecular weight is 284 g/mol. The minimum absolute atomic E-state index is 0.121. The van der Waals surface area contributed by atoms with E-state index in [4.69, 9.17) is 4.74 Å². The summed E-state index contributed by atoms with van der Waals surface area (Å²) in [5.74, 6) is -0.0817. The molecule has 1 aliphatic rings. The van der Waals surface area contributed by atoms with Crippen LogP contribution in [0.1, 0.15) is 21.6 Å². The predicted octanol–water partition coefficient (Wildman–Crippen LogP) is 2.17. The van der Waals surface area contributed by atoms with Gasteiger partial charge in [0.1, 0.15) is 12.4 Å². The highest BCUT2D eigenvalue weighted by Crippen LogP contribution is 2.23. The lowest BCUT2D eigenvalue weighted by molar-refractivity contribution is 0.0687. The van der Waals surface area contributed by atoms with Crippen molar-refractivity contribution in [3.63, 3.8) is 0 Å². The Labute approximate surface area is 122 Å². The van der Waals surface area contributed by atoms with E-state index in [0.717, 1.165) is 30.0 Å². The number of pyridine rings is 1. The number of carboxylic acids is 1. The third-order valence-corrected chi connectivity index (χ3v) is 3.52. The van der Waals surface area contributed by atoms with E-state index < -0.39 is 5.97 Å². The van der Waals surface area contributed by atoms with Crippen LogP contribution in [0.15, 0.2) is 42.6 Å². The van der Waals surface area contributed by atoms with Crippen molar-refractivity contribution in [2.24, 2.45) is 0 Å². The van der Waals surface area contributed by atoms with Crippen molar-refractivity contribution in [2.45, 2.75) is 13.1 Å². The highest BCUT2D eigenvalue weighted by Gasteiger charge is 2.18. The Bertz CT molecular complexity index is 657. The van der Waals surface area contributed by atoms with Crippen LogP contribution in [0.4, 0.5) is 0 Å². The number of hydrogen-bond acceptors (Lipinski definition) is 4. The summed E-state index contributed by atoms with van der Waals surface area (Å²) in [5.41, 5.74) is 1.97. The van der Waals surface area contributed by atoms with Gasteiger partial charge >= 0.3 is 5.97 Å². The van der Waals surface area contributed by atoms with Gasteiger partial charge in [0.15, 0.2) is 5.69 Å². The fraction of sp³-hybridized carbons (Fsp3) is 0.250. The van der Waals surface area contributed by atoms with E-state index in [9.17, 15) is 9.90 Å². The number of carbonyl (C=O) groups is 1. The largest absolute Gasteiger partial charge is 0.492 e. The summed E-state index contributed by atoms with van der Waals surface area (Å²) in [4.78, 5) is 17.4. The van der Waals surface area contributed by atoms with Crippen molar-refractivity contribution < 1.29 is 14.6 Å². The lowest BCUT2D eigenvalue weighted by Crippen LogP contribution is -2.26. The Hall–Kier alpha value is -2.40. The topological polar surface area (TPSA) is 62.7 Å². The molecular weight excluding hydrogens is 268 g/mol. The molecule has 3 rings (SSSR count). The number of rotatable bonds is 3. The second-order valence-corrected chi connectivity index (χ2v) is 4.98. The van der Waals surface area contributed by atoms with E-state index in [0.29, 0.717) is 13.2 Å². The second-order valence-electron chi connectivity index (χ2n) is 4.98. The van der Waals surface area contributed by atoms with Gasteiger partial charge in [-0.1, -0.05) is 24.3 Å². The normalized spacial score (nSPS) is 14.9. The quantitative estimate of drug-likeness (QED) is 0.936. The predicted molar refractivity (Wildman–Crippen MR) is 77.2 cm³/mol. The summed E-state index contributed by atoms with van der Waals surface area (Å²) in [7, 11) is 0. The van der Waals surface area contributed by atoms with Gasteiger partial charge < -0.3 is 9.84 Å². The van der Waals surface area contributed by atoms with Crippen LogP contribution in [-0.4, -0.2) is 34.1 Å². The zero-order valence-corrected chi connectivity index (χ0v) is 11.5. The monoisotopic (exact) mass is 284 g/mol. The maximum atomic E-state index is 11.2. The third-order valence-electron chi connectivity index (χ3n) is 3.52. The minimum Gasteiger partial charge on any atom is -0.492 e.